The molecule has 6 nitrogen and oxygen atoms in total. The number of nitrogens with zero attached hydrogens (tertiary/aromatic N) is 1. The highest BCUT2D eigenvalue weighted by atomic mass is 35.5. The maximum absolute atomic E-state index is 12.0. The van der Waals surface area contributed by atoms with E-state index in [4.69, 9.17) is 4.74 Å². The number of piperazine rings is 1. The quantitative estimate of drug-likeness (QED) is 0.837. The van der Waals surface area contributed by atoms with Gasteiger partial charge in [0.25, 0.3) is 5.91 Å². The Labute approximate surface area is 130 Å². The van der Waals surface area contributed by atoms with Crippen LogP contribution in [-0.4, -0.2) is 56.5 Å². The Kier molecular flexibility index (Phi) is 6.98. The topological polar surface area (TPSA) is 70.7 Å². The average molecular weight is 314 g/mol. The van der Waals surface area contributed by atoms with E-state index >= 15 is 0 Å². The molecule has 1 aliphatic heterocycles. The highest BCUT2D eigenvalue weighted by Crippen LogP contribution is 2.12. The minimum Gasteiger partial charge on any atom is -0.497 e. The van der Waals surface area contributed by atoms with E-state index in [1.165, 1.54) is 0 Å². The van der Waals surface area contributed by atoms with Crippen LogP contribution in [0.3, 0.4) is 0 Å². The maximum Gasteiger partial charge on any atom is 0.251 e. The zero-order valence-corrected chi connectivity index (χ0v) is 12.7. The highest BCUT2D eigenvalue weighted by Gasteiger charge is 2.17. The second-order valence-corrected chi connectivity index (χ2v) is 4.55. The monoisotopic (exact) mass is 313 g/mol. The molecule has 0 spiro atoms. The van der Waals surface area contributed by atoms with Crippen LogP contribution in [0.15, 0.2) is 24.3 Å². The third-order valence-electron chi connectivity index (χ3n) is 3.20. The zero-order valence-electron chi connectivity index (χ0n) is 11.9. The summed E-state index contributed by atoms with van der Waals surface area (Å²) in [6.07, 6.45) is 0. The lowest BCUT2D eigenvalue weighted by atomic mass is 10.2. The summed E-state index contributed by atoms with van der Waals surface area (Å²) < 4.78 is 5.06. The Morgan fingerprint density at radius 2 is 2.05 bits per heavy atom. The first-order chi connectivity index (χ1) is 9.70. The van der Waals surface area contributed by atoms with Crippen LogP contribution in [0.4, 0.5) is 0 Å². The molecule has 21 heavy (non-hydrogen) atoms. The summed E-state index contributed by atoms with van der Waals surface area (Å²) in [5.41, 5.74) is 0.484. The largest absolute Gasteiger partial charge is 0.497 e. The maximum atomic E-state index is 12.0. The van der Waals surface area contributed by atoms with Crippen molar-refractivity contribution in [3.05, 3.63) is 29.8 Å². The normalized spacial score (nSPS) is 14.0. The number of hydrogen-bond acceptors (Lipinski definition) is 4. The van der Waals surface area contributed by atoms with Gasteiger partial charge in [-0.2, -0.15) is 0 Å². The summed E-state index contributed by atoms with van der Waals surface area (Å²) in [5, 5.41) is 5.82. The molecule has 1 aliphatic rings. The molecule has 0 atom stereocenters. The molecule has 1 aromatic carbocycles. The minimum absolute atomic E-state index is 0. The number of ether oxygens (including phenoxy) is 1. The van der Waals surface area contributed by atoms with Crippen molar-refractivity contribution in [3.8, 4) is 5.75 Å². The van der Waals surface area contributed by atoms with Gasteiger partial charge in [0.1, 0.15) is 5.75 Å². The van der Waals surface area contributed by atoms with E-state index < -0.39 is 0 Å². The van der Waals surface area contributed by atoms with Gasteiger partial charge in [-0.1, -0.05) is 6.07 Å². The molecule has 1 heterocycles. The molecule has 0 aromatic heterocycles. The molecule has 2 amide bonds. The Morgan fingerprint density at radius 1 is 1.33 bits per heavy atom. The Hall–Kier alpha value is -1.79. The summed E-state index contributed by atoms with van der Waals surface area (Å²) in [4.78, 5) is 25.6. The number of carbonyl (C=O) groups is 2. The third-order valence-corrected chi connectivity index (χ3v) is 3.20. The molecular weight excluding hydrogens is 294 g/mol. The molecule has 1 aromatic rings. The van der Waals surface area contributed by atoms with Crippen molar-refractivity contribution in [1.29, 1.82) is 0 Å². The standard InChI is InChI=1S/C14H19N3O3.ClH/c1-20-12-4-2-3-11(9-12)14(19)16-10-13(18)17-7-5-15-6-8-17;/h2-4,9,15H,5-8,10H2,1H3,(H,16,19);1H. The van der Waals surface area contributed by atoms with Crippen LogP contribution in [0.5, 0.6) is 5.75 Å². The smallest absolute Gasteiger partial charge is 0.251 e. The van der Waals surface area contributed by atoms with Crippen LogP contribution >= 0.6 is 12.4 Å². The molecule has 1 fully saturated rings. The van der Waals surface area contributed by atoms with Crippen LogP contribution < -0.4 is 15.4 Å². The van der Waals surface area contributed by atoms with Crippen molar-refractivity contribution in [2.45, 2.75) is 0 Å². The second kappa shape index (κ2) is 8.49. The van der Waals surface area contributed by atoms with Gasteiger partial charge >= 0.3 is 0 Å². The molecule has 0 bridgehead atoms. The van der Waals surface area contributed by atoms with Crippen LogP contribution in [0.25, 0.3) is 0 Å². The lowest BCUT2D eigenvalue weighted by Crippen LogP contribution is -2.49. The molecule has 0 unspecified atom stereocenters. The number of carbonyl (C=O) groups excluding carboxylic acids is 2. The van der Waals surface area contributed by atoms with Gasteiger partial charge < -0.3 is 20.3 Å². The highest BCUT2D eigenvalue weighted by molar-refractivity contribution is 5.96. The molecule has 2 N–H and O–H groups in total. The van der Waals surface area contributed by atoms with Crippen molar-refractivity contribution in [2.75, 3.05) is 39.8 Å². The van der Waals surface area contributed by atoms with E-state index in [2.05, 4.69) is 10.6 Å². The van der Waals surface area contributed by atoms with E-state index in [0.29, 0.717) is 24.4 Å². The number of rotatable bonds is 4. The average Bonchev–Trinajstić information content (AvgIpc) is 2.53. The predicted octanol–water partition coefficient (Wildman–Crippen LogP) is 0.279. The van der Waals surface area contributed by atoms with Gasteiger partial charge in [-0.05, 0) is 18.2 Å². The molecule has 2 rings (SSSR count). The summed E-state index contributed by atoms with van der Waals surface area (Å²) in [7, 11) is 1.55. The molecular formula is C14H20ClN3O3. The van der Waals surface area contributed by atoms with Gasteiger partial charge in [-0.25, -0.2) is 0 Å². The van der Waals surface area contributed by atoms with Gasteiger partial charge in [0, 0.05) is 31.7 Å². The van der Waals surface area contributed by atoms with Crippen molar-refractivity contribution in [2.24, 2.45) is 0 Å². The first kappa shape index (κ1) is 17.3. The van der Waals surface area contributed by atoms with E-state index in [1.54, 1.807) is 36.3 Å². The van der Waals surface area contributed by atoms with Gasteiger partial charge in [-0.3, -0.25) is 9.59 Å². The lowest BCUT2D eigenvalue weighted by Gasteiger charge is -2.27. The first-order valence-corrected chi connectivity index (χ1v) is 6.61. The molecule has 7 heteroatoms. The second-order valence-electron chi connectivity index (χ2n) is 4.55. The Balaban J connectivity index is 0.00000220. The fourth-order valence-electron chi connectivity index (χ4n) is 2.05. The number of methoxy groups -OCH3 is 1. The minimum atomic E-state index is -0.271. The molecule has 0 saturated carbocycles. The van der Waals surface area contributed by atoms with Crippen molar-refractivity contribution in [3.63, 3.8) is 0 Å². The van der Waals surface area contributed by atoms with Crippen molar-refractivity contribution < 1.29 is 14.3 Å². The van der Waals surface area contributed by atoms with Crippen LogP contribution in [0.1, 0.15) is 10.4 Å². The predicted molar refractivity (Wildman–Crippen MR) is 82.0 cm³/mol. The van der Waals surface area contributed by atoms with Gasteiger partial charge in [-0.15, -0.1) is 12.4 Å². The van der Waals surface area contributed by atoms with E-state index in [9.17, 15) is 9.59 Å². The number of hydrogen-bond donors (Lipinski definition) is 2. The number of nitrogens with one attached hydrogen (secondary N) is 2. The van der Waals surface area contributed by atoms with Gasteiger partial charge in [0.2, 0.25) is 5.91 Å². The number of amides is 2. The molecule has 0 radical (unpaired) electrons. The fraction of sp³-hybridized carbons (Fsp3) is 0.429. The first-order valence-electron chi connectivity index (χ1n) is 6.61. The number of halogens is 1. The Morgan fingerprint density at radius 3 is 2.71 bits per heavy atom. The lowest BCUT2D eigenvalue weighted by molar-refractivity contribution is -0.130. The molecule has 0 aliphatic carbocycles. The van der Waals surface area contributed by atoms with Crippen molar-refractivity contribution in [1.82, 2.24) is 15.5 Å². The zero-order chi connectivity index (χ0) is 14.4. The van der Waals surface area contributed by atoms with Crippen molar-refractivity contribution >= 4 is 24.2 Å². The number of benzene rings is 1. The summed E-state index contributed by atoms with van der Waals surface area (Å²) in [6, 6.07) is 6.84. The third kappa shape index (κ3) is 4.91. The molecule has 116 valence electrons. The van der Waals surface area contributed by atoms with Crippen LogP contribution in [0.2, 0.25) is 0 Å². The SMILES string of the molecule is COc1cccc(C(=O)NCC(=O)N2CCNCC2)c1.Cl. The van der Waals surface area contributed by atoms with E-state index in [-0.39, 0.29) is 30.8 Å². The van der Waals surface area contributed by atoms with Crippen LogP contribution in [-0.2, 0) is 4.79 Å². The van der Waals surface area contributed by atoms with Crippen LogP contribution in [0, 0.1) is 0 Å². The Bertz CT molecular complexity index is 490. The van der Waals surface area contributed by atoms with E-state index in [1.807, 2.05) is 0 Å². The van der Waals surface area contributed by atoms with E-state index in [0.717, 1.165) is 13.1 Å². The summed E-state index contributed by atoms with van der Waals surface area (Å²) in [5.74, 6) is 0.293. The summed E-state index contributed by atoms with van der Waals surface area (Å²) >= 11 is 0. The summed E-state index contributed by atoms with van der Waals surface area (Å²) in [6.45, 7) is 3.00. The van der Waals surface area contributed by atoms with Gasteiger partial charge in [0.15, 0.2) is 0 Å². The fourth-order valence-corrected chi connectivity index (χ4v) is 2.05. The van der Waals surface area contributed by atoms with Gasteiger partial charge in [0.05, 0.1) is 13.7 Å². The molecule has 1 saturated heterocycles.